The van der Waals surface area contributed by atoms with Crippen molar-refractivity contribution >= 4 is 17.5 Å². The molecule has 148 valence electrons. The first-order valence-electron chi connectivity index (χ1n) is 9.65. The van der Waals surface area contributed by atoms with Crippen molar-refractivity contribution in [3.63, 3.8) is 0 Å². The van der Waals surface area contributed by atoms with Crippen molar-refractivity contribution in [1.82, 2.24) is 4.90 Å². The van der Waals surface area contributed by atoms with Crippen LogP contribution in [0, 0.1) is 5.92 Å². The predicted octanol–water partition coefficient (Wildman–Crippen LogP) is 4.56. The van der Waals surface area contributed by atoms with Crippen molar-refractivity contribution < 1.29 is 18.7 Å². The molecule has 4 rings (SSSR count). The van der Waals surface area contributed by atoms with Gasteiger partial charge >= 0.3 is 0 Å². The lowest BCUT2D eigenvalue weighted by Crippen LogP contribution is -2.41. The van der Waals surface area contributed by atoms with E-state index in [1.807, 2.05) is 48.5 Å². The third kappa shape index (κ3) is 4.66. The predicted molar refractivity (Wildman–Crippen MR) is 109 cm³/mol. The third-order valence-corrected chi connectivity index (χ3v) is 4.97. The van der Waals surface area contributed by atoms with Crippen molar-refractivity contribution in [1.29, 1.82) is 0 Å². The van der Waals surface area contributed by atoms with Crippen LogP contribution < -0.4 is 10.1 Å². The Morgan fingerprint density at radius 2 is 1.69 bits per heavy atom. The number of para-hydroxylation sites is 1. The number of likely N-dealkylation sites (tertiary alicyclic amines) is 1. The van der Waals surface area contributed by atoms with Crippen molar-refractivity contribution in [2.75, 3.05) is 18.4 Å². The number of rotatable bonds is 5. The van der Waals surface area contributed by atoms with Gasteiger partial charge in [0.15, 0.2) is 5.76 Å². The molecule has 2 heterocycles. The maximum Gasteiger partial charge on any atom is 0.289 e. The molecule has 2 aromatic carbocycles. The molecule has 0 spiro atoms. The minimum atomic E-state index is -0.130. The van der Waals surface area contributed by atoms with Crippen molar-refractivity contribution in [2.24, 2.45) is 5.92 Å². The van der Waals surface area contributed by atoms with E-state index in [4.69, 9.17) is 9.15 Å². The average Bonchev–Trinajstić information content (AvgIpc) is 3.29. The number of hydrogen-bond donors (Lipinski definition) is 1. The van der Waals surface area contributed by atoms with Crippen LogP contribution in [-0.4, -0.2) is 29.8 Å². The highest BCUT2D eigenvalue weighted by atomic mass is 16.5. The molecule has 6 nitrogen and oxygen atoms in total. The number of nitrogens with zero attached hydrogens (tertiary/aromatic N) is 1. The number of nitrogens with one attached hydrogen (secondary N) is 1. The molecule has 0 unspecified atom stereocenters. The SMILES string of the molecule is O=C(Nc1cccc(Oc2ccccc2)c1)C1CCN(C(=O)c2ccco2)CC1. The van der Waals surface area contributed by atoms with Gasteiger partial charge in [-0.25, -0.2) is 0 Å². The number of carbonyl (C=O) groups is 2. The van der Waals surface area contributed by atoms with E-state index >= 15 is 0 Å². The number of benzene rings is 2. The fraction of sp³-hybridized carbons (Fsp3) is 0.217. The molecular weight excluding hydrogens is 368 g/mol. The molecule has 1 aliphatic heterocycles. The first kappa shape index (κ1) is 18.8. The highest BCUT2D eigenvalue weighted by Crippen LogP contribution is 2.25. The second-order valence-electron chi connectivity index (χ2n) is 6.98. The molecule has 1 N–H and O–H groups in total. The fourth-order valence-electron chi connectivity index (χ4n) is 3.41. The van der Waals surface area contributed by atoms with E-state index in [2.05, 4.69) is 5.32 Å². The van der Waals surface area contributed by atoms with Gasteiger partial charge in [-0.2, -0.15) is 0 Å². The molecule has 3 aromatic rings. The number of anilines is 1. The maximum atomic E-state index is 12.7. The number of piperidine rings is 1. The third-order valence-electron chi connectivity index (χ3n) is 4.97. The zero-order chi connectivity index (χ0) is 20.1. The van der Waals surface area contributed by atoms with Gasteiger partial charge in [-0.3, -0.25) is 9.59 Å². The number of hydrogen-bond acceptors (Lipinski definition) is 4. The molecule has 2 amide bonds. The summed E-state index contributed by atoms with van der Waals surface area (Å²) in [6.07, 6.45) is 2.74. The summed E-state index contributed by atoms with van der Waals surface area (Å²) < 4.78 is 11.0. The molecule has 6 heteroatoms. The molecule has 1 aliphatic rings. The Hall–Kier alpha value is -3.54. The fourth-order valence-corrected chi connectivity index (χ4v) is 3.41. The molecule has 0 aliphatic carbocycles. The Balaban J connectivity index is 1.32. The first-order chi connectivity index (χ1) is 14.2. The summed E-state index contributed by atoms with van der Waals surface area (Å²) in [7, 11) is 0. The normalized spacial score (nSPS) is 14.4. The van der Waals surface area contributed by atoms with Crippen LogP contribution in [0.15, 0.2) is 77.4 Å². The zero-order valence-corrected chi connectivity index (χ0v) is 15.9. The van der Waals surface area contributed by atoms with Gasteiger partial charge in [0.2, 0.25) is 5.91 Å². The van der Waals surface area contributed by atoms with Crippen LogP contribution in [0.1, 0.15) is 23.4 Å². The standard InChI is InChI=1S/C23H22N2O4/c26-22(17-11-13-25(14-12-17)23(27)21-10-5-15-28-21)24-18-6-4-9-20(16-18)29-19-7-2-1-3-8-19/h1-10,15-17H,11-14H2,(H,24,26). The quantitative estimate of drug-likeness (QED) is 0.693. The summed E-state index contributed by atoms with van der Waals surface area (Å²) in [6.45, 7) is 1.07. The smallest absolute Gasteiger partial charge is 0.289 e. The molecule has 0 atom stereocenters. The van der Waals surface area contributed by atoms with Crippen LogP contribution in [0.4, 0.5) is 5.69 Å². The summed E-state index contributed by atoms with van der Waals surface area (Å²) in [5.41, 5.74) is 0.692. The first-order valence-corrected chi connectivity index (χ1v) is 9.65. The van der Waals surface area contributed by atoms with Crippen molar-refractivity contribution in [2.45, 2.75) is 12.8 Å². The molecule has 29 heavy (non-hydrogen) atoms. The Morgan fingerprint density at radius 3 is 2.41 bits per heavy atom. The second kappa shape index (κ2) is 8.65. The highest BCUT2D eigenvalue weighted by Gasteiger charge is 2.28. The Morgan fingerprint density at radius 1 is 0.931 bits per heavy atom. The minimum absolute atomic E-state index is 0.0352. The molecule has 1 saturated heterocycles. The maximum absolute atomic E-state index is 12.7. The highest BCUT2D eigenvalue weighted by molar-refractivity contribution is 5.94. The molecule has 0 radical (unpaired) electrons. The number of ether oxygens (including phenoxy) is 1. The summed E-state index contributed by atoms with van der Waals surface area (Å²) in [4.78, 5) is 26.7. The van der Waals surface area contributed by atoms with Gasteiger partial charge in [-0.15, -0.1) is 0 Å². The van der Waals surface area contributed by atoms with Crippen molar-refractivity contribution in [3.8, 4) is 11.5 Å². The Kier molecular flexibility index (Phi) is 5.61. The van der Waals surface area contributed by atoms with Crippen LogP contribution in [0.25, 0.3) is 0 Å². The topological polar surface area (TPSA) is 71.8 Å². The van der Waals surface area contributed by atoms with Gasteiger partial charge < -0.3 is 19.4 Å². The molecule has 1 fully saturated rings. The summed E-state index contributed by atoms with van der Waals surface area (Å²) in [5, 5.41) is 2.97. The second-order valence-corrected chi connectivity index (χ2v) is 6.98. The zero-order valence-electron chi connectivity index (χ0n) is 15.9. The van der Waals surface area contributed by atoms with Gasteiger partial charge in [0, 0.05) is 30.8 Å². The van der Waals surface area contributed by atoms with Crippen LogP contribution in [0.5, 0.6) is 11.5 Å². The largest absolute Gasteiger partial charge is 0.459 e. The molecular formula is C23H22N2O4. The number of furan rings is 1. The average molecular weight is 390 g/mol. The summed E-state index contributed by atoms with van der Waals surface area (Å²) in [5.74, 6) is 1.45. The van der Waals surface area contributed by atoms with Gasteiger partial charge in [-0.1, -0.05) is 24.3 Å². The van der Waals surface area contributed by atoms with E-state index in [9.17, 15) is 9.59 Å². The Bertz CT molecular complexity index is 962. The van der Waals surface area contributed by atoms with Gasteiger partial charge in [-0.05, 0) is 49.2 Å². The van der Waals surface area contributed by atoms with Crippen LogP contribution >= 0.6 is 0 Å². The van der Waals surface area contributed by atoms with E-state index in [0.717, 1.165) is 5.75 Å². The van der Waals surface area contributed by atoms with Gasteiger partial charge in [0.05, 0.1) is 6.26 Å². The number of amides is 2. The number of carbonyl (C=O) groups excluding carboxylic acids is 2. The molecule has 1 aromatic heterocycles. The summed E-state index contributed by atoms with van der Waals surface area (Å²) in [6, 6.07) is 20.2. The lowest BCUT2D eigenvalue weighted by Gasteiger charge is -2.30. The lowest BCUT2D eigenvalue weighted by molar-refractivity contribution is -0.121. The molecule has 0 saturated carbocycles. The van der Waals surface area contributed by atoms with E-state index in [0.29, 0.717) is 43.1 Å². The van der Waals surface area contributed by atoms with Gasteiger partial charge in [0.1, 0.15) is 11.5 Å². The van der Waals surface area contributed by atoms with Gasteiger partial charge in [0.25, 0.3) is 5.91 Å². The summed E-state index contributed by atoms with van der Waals surface area (Å²) >= 11 is 0. The van der Waals surface area contributed by atoms with E-state index < -0.39 is 0 Å². The molecule has 0 bridgehead atoms. The van der Waals surface area contributed by atoms with E-state index in [-0.39, 0.29) is 17.7 Å². The van der Waals surface area contributed by atoms with Crippen molar-refractivity contribution in [3.05, 3.63) is 78.8 Å². The van der Waals surface area contributed by atoms with Crippen LogP contribution in [0.3, 0.4) is 0 Å². The van der Waals surface area contributed by atoms with Crippen LogP contribution in [0.2, 0.25) is 0 Å². The Labute approximate surface area is 169 Å². The lowest BCUT2D eigenvalue weighted by atomic mass is 9.95. The minimum Gasteiger partial charge on any atom is -0.459 e. The van der Waals surface area contributed by atoms with Crippen LogP contribution in [-0.2, 0) is 4.79 Å². The monoisotopic (exact) mass is 390 g/mol. The van der Waals surface area contributed by atoms with E-state index in [1.165, 1.54) is 6.26 Å². The van der Waals surface area contributed by atoms with E-state index in [1.54, 1.807) is 23.1 Å².